The molecule has 174 valence electrons. The lowest BCUT2D eigenvalue weighted by molar-refractivity contribution is -0.143. The van der Waals surface area contributed by atoms with Crippen molar-refractivity contribution in [1.82, 2.24) is 4.57 Å². The van der Waals surface area contributed by atoms with E-state index in [1.165, 1.54) is 0 Å². The summed E-state index contributed by atoms with van der Waals surface area (Å²) >= 11 is 5.99. The summed E-state index contributed by atoms with van der Waals surface area (Å²) in [5, 5.41) is 1.48. The van der Waals surface area contributed by atoms with Crippen LogP contribution < -0.4 is 4.74 Å². The molecule has 0 aliphatic heterocycles. The van der Waals surface area contributed by atoms with Gasteiger partial charge < -0.3 is 9.47 Å². The fraction of sp³-hybridized carbons (Fsp3) is 0.214. The van der Waals surface area contributed by atoms with E-state index in [9.17, 15) is 9.59 Å². The number of ether oxygens (including phenoxy) is 2. The maximum atomic E-state index is 13.4. The van der Waals surface area contributed by atoms with E-state index in [2.05, 4.69) is 0 Å². The number of rotatable bonds is 8. The fourth-order valence-electron chi connectivity index (χ4n) is 4.12. The Morgan fingerprint density at radius 2 is 1.68 bits per heavy atom. The SMILES string of the molecule is COc1ccc2c(c1)c(CCOC(=O)CCc1ccccc1)c(C)n2C(=O)c1ccc(Cl)cc1. The molecule has 34 heavy (non-hydrogen) atoms. The Labute approximate surface area is 203 Å². The molecule has 0 aliphatic rings. The van der Waals surface area contributed by atoms with Gasteiger partial charge in [0.2, 0.25) is 0 Å². The van der Waals surface area contributed by atoms with Crippen LogP contribution in [-0.4, -0.2) is 30.2 Å². The lowest BCUT2D eigenvalue weighted by atomic mass is 10.1. The molecule has 0 fully saturated rings. The van der Waals surface area contributed by atoms with E-state index < -0.39 is 0 Å². The minimum Gasteiger partial charge on any atom is -0.497 e. The lowest BCUT2D eigenvalue weighted by Gasteiger charge is -2.08. The normalized spacial score (nSPS) is 10.9. The van der Waals surface area contributed by atoms with Crippen molar-refractivity contribution >= 4 is 34.4 Å². The van der Waals surface area contributed by atoms with Gasteiger partial charge in [-0.2, -0.15) is 0 Å². The molecule has 3 aromatic carbocycles. The van der Waals surface area contributed by atoms with Crippen LogP contribution in [0, 0.1) is 6.92 Å². The standard InChI is InChI=1S/C28H26ClNO4/c1-19-24(16-17-34-27(31)15-8-20-6-4-3-5-7-20)25-18-23(33-2)13-14-26(25)30(19)28(32)21-9-11-22(29)12-10-21/h3-7,9-14,18H,8,15-17H2,1-2H3. The molecule has 0 N–H and O–H groups in total. The maximum Gasteiger partial charge on any atom is 0.306 e. The zero-order valence-corrected chi connectivity index (χ0v) is 20.0. The molecule has 0 radical (unpaired) electrons. The van der Waals surface area contributed by atoms with Crippen LogP contribution in [0.25, 0.3) is 10.9 Å². The molecule has 0 unspecified atom stereocenters. The second kappa shape index (κ2) is 10.6. The van der Waals surface area contributed by atoms with Gasteiger partial charge in [-0.05, 0) is 66.9 Å². The molecule has 0 aliphatic carbocycles. The predicted octanol–water partition coefficient (Wildman–Crippen LogP) is 6.02. The number of hydrogen-bond donors (Lipinski definition) is 0. The van der Waals surface area contributed by atoms with E-state index in [1.54, 1.807) is 35.9 Å². The maximum absolute atomic E-state index is 13.4. The quantitative estimate of drug-likeness (QED) is 0.292. The summed E-state index contributed by atoms with van der Waals surface area (Å²) in [6.45, 7) is 2.15. The first-order valence-corrected chi connectivity index (χ1v) is 11.5. The van der Waals surface area contributed by atoms with Gasteiger partial charge in [0.25, 0.3) is 5.91 Å². The van der Waals surface area contributed by atoms with Crippen molar-refractivity contribution in [3.8, 4) is 5.75 Å². The van der Waals surface area contributed by atoms with Crippen molar-refractivity contribution in [3.63, 3.8) is 0 Å². The monoisotopic (exact) mass is 475 g/mol. The Morgan fingerprint density at radius 3 is 2.38 bits per heavy atom. The molecule has 0 atom stereocenters. The Hall–Kier alpha value is -3.57. The van der Waals surface area contributed by atoms with Crippen LogP contribution in [0.5, 0.6) is 5.75 Å². The van der Waals surface area contributed by atoms with E-state index in [0.29, 0.717) is 35.6 Å². The van der Waals surface area contributed by atoms with E-state index in [1.807, 2.05) is 55.5 Å². The number of carbonyl (C=O) groups is 2. The van der Waals surface area contributed by atoms with Gasteiger partial charge >= 0.3 is 5.97 Å². The molecule has 0 spiro atoms. The number of hydrogen-bond acceptors (Lipinski definition) is 4. The number of aryl methyl sites for hydroxylation is 1. The van der Waals surface area contributed by atoms with Gasteiger partial charge in [-0.15, -0.1) is 0 Å². The first-order chi connectivity index (χ1) is 16.5. The highest BCUT2D eigenvalue weighted by Gasteiger charge is 2.20. The summed E-state index contributed by atoms with van der Waals surface area (Å²) in [6.07, 6.45) is 1.46. The molecule has 0 saturated heterocycles. The molecule has 0 bridgehead atoms. The first-order valence-electron chi connectivity index (χ1n) is 11.2. The Kier molecular flexibility index (Phi) is 7.33. The summed E-state index contributed by atoms with van der Waals surface area (Å²) in [5.41, 5.74) is 4.18. The molecule has 1 heterocycles. The minimum atomic E-state index is -0.236. The highest BCUT2D eigenvalue weighted by molar-refractivity contribution is 6.30. The number of aromatic nitrogens is 1. The molecule has 4 rings (SSSR count). The number of benzene rings is 3. The van der Waals surface area contributed by atoms with Crippen molar-refractivity contribution in [2.45, 2.75) is 26.2 Å². The largest absolute Gasteiger partial charge is 0.497 e. The van der Waals surface area contributed by atoms with Gasteiger partial charge in [-0.1, -0.05) is 41.9 Å². The summed E-state index contributed by atoms with van der Waals surface area (Å²) < 4.78 is 12.6. The van der Waals surface area contributed by atoms with Crippen molar-refractivity contribution in [3.05, 3.63) is 100 Å². The third-order valence-electron chi connectivity index (χ3n) is 5.91. The second-order valence-electron chi connectivity index (χ2n) is 8.05. The van der Waals surface area contributed by atoms with Crippen molar-refractivity contribution in [2.24, 2.45) is 0 Å². The van der Waals surface area contributed by atoms with Gasteiger partial charge in [0, 0.05) is 34.5 Å². The number of methoxy groups -OCH3 is 1. The number of esters is 1. The number of fused-ring (bicyclic) bond motifs is 1. The Balaban J connectivity index is 1.54. The summed E-state index contributed by atoms with van der Waals surface area (Å²) in [5.74, 6) is 0.320. The van der Waals surface area contributed by atoms with Crippen LogP contribution in [0.4, 0.5) is 0 Å². The second-order valence-corrected chi connectivity index (χ2v) is 8.49. The number of carbonyl (C=O) groups excluding carboxylic acids is 2. The average molecular weight is 476 g/mol. The summed E-state index contributed by atoms with van der Waals surface area (Å²) in [7, 11) is 1.61. The smallest absolute Gasteiger partial charge is 0.306 e. The van der Waals surface area contributed by atoms with Gasteiger partial charge in [0.1, 0.15) is 5.75 Å². The highest BCUT2D eigenvalue weighted by Crippen LogP contribution is 2.31. The van der Waals surface area contributed by atoms with Gasteiger partial charge in [-0.3, -0.25) is 14.2 Å². The fourth-order valence-corrected chi connectivity index (χ4v) is 4.24. The van der Waals surface area contributed by atoms with Crippen LogP contribution >= 0.6 is 11.6 Å². The van der Waals surface area contributed by atoms with E-state index in [0.717, 1.165) is 27.7 Å². The molecule has 0 amide bonds. The van der Waals surface area contributed by atoms with E-state index in [4.69, 9.17) is 21.1 Å². The van der Waals surface area contributed by atoms with Crippen LogP contribution in [0.2, 0.25) is 5.02 Å². The van der Waals surface area contributed by atoms with E-state index >= 15 is 0 Å². The van der Waals surface area contributed by atoms with Crippen LogP contribution in [0.3, 0.4) is 0 Å². The molecule has 4 aromatic rings. The van der Waals surface area contributed by atoms with Crippen LogP contribution in [0.15, 0.2) is 72.8 Å². The van der Waals surface area contributed by atoms with Crippen LogP contribution in [0.1, 0.15) is 33.6 Å². The third kappa shape index (κ3) is 5.15. The zero-order valence-electron chi connectivity index (χ0n) is 19.2. The Morgan fingerprint density at radius 1 is 0.941 bits per heavy atom. The minimum absolute atomic E-state index is 0.143. The van der Waals surface area contributed by atoms with Crippen molar-refractivity contribution in [2.75, 3.05) is 13.7 Å². The van der Waals surface area contributed by atoms with Gasteiger partial charge in [-0.25, -0.2) is 0 Å². The number of nitrogens with zero attached hydrogens (tertiary/aromatic N) is 1. The molecule has 0 saturated carbocycles. The molecule has 5 nitrogen and oxygen atoms in total. The predicted molar refractivity (Wildman–Crippen MR) is 134 cm³/mol. The number of halogens is 1. The van der Waals surface area contributed by atoms with Crippen molar-refractivity contribution < 1.29 is 19.1 Å². The summed E-state index contributed by atoms with van der Waals surface area (Å²) in [6, 6.07) is 22.3. The van der Waals surface area contributed by atoms with Gasteiger partial charge in [0.15, 0.2) is 0 Å². The van der Waals surface area contributed by atoms with Crippen LogP contribution in [-0.2, 0) is 22.4 Å². The van der Waals surface area contributed by atoms with Gasteiger partial charge in [0.05, 0.1) is 19.2 Å². The summed E-state index contributed by atoms with van der Waals surface area (Å²) in [4.78, 5) is 25.6. The zero-order chi connectivity index (χ0) is 24.1. The average Bonchev–Trinajstić information content (AvgIpc) is 3.13. The molecular weight excluding hydrogens is 450 g/mol. The molecule has 6 heteroatoms. The van der Waals surface area contributed by atoms with Crippen molar-refractivity contribution in [1.29, 1.82) is 0 Å². The topological polar surface area (TPSA) is 57.5 Å². The lowest BCUT2D eigenvalue weighted by Crippen LogP contribution is -2.14. The Bertz CT molecular complexity index is 1310. The highest BCUT2D eigenvalue weighted by atomic mass is 35.5. The molecule has 1 aromatic heterocycles. The molecular formula is C28H26ClNO4. The third-order valence-corrected chi connectivity index (χ3v) is 6.16. The van der Waals surface area contributed by atoms with E-state index in [-0.39, 0.29) is 18.5 Å². The first kappa shape index (κ1) is 23.6.